The van der Waals surface area contributed by atoms with Gasteiger partial charge in [0.25, 0.3) is 10.0 Å². The molecule has 3 aromatic rings. The molecular weight excluding hydrogens is 481 g/mol. The van der Waals surface area contributed by atoms with E-state index in [4.69, 9.17) is 4.74 Å². The van der Waals surface area contributed by atoms with Gasteiger partial charge in [-0.15, -0.1) is 0 Å². The Bertz CT molecular complexity index is 1300. The maximum absolute atomic E-state index is 13.7. The standard InChI is InChI=1S/C25H25F3N2O4S/c1-18-12-13-22(34-3)23(14-18)35(32,33)30(21-11-7-10-20(15-21)25(26,27)28)17-24(31)29(2)16-19-8-5-4-6-9-19/h4-15H,16-17H2,1-3H3. The Hall–Kier alpha value is -3.53. The van der Waals surface area contributed by atoms with E-state index in [0.717, 1.165) is 17.7 Å². The molecule has 0 aliphatic carbocycles. The fraction of sp³-hybridized carbons (Fsp3) is 0.240. The van der Waals surface area contributed by atoms with Gasteiger partial charge in [-0.05, 0) is 48.4 Å². The number of nitrogens with zero attached hydrogens (tertiary/aromatic N) is 2. The summed E-state index contributed by atoms with van der Waals surface area (Å²) in [7, 11) is -1.70. The minimum absolute atomic E-state index is 0.0117. The number of likely N-dealkylation sites (N-methyl/N-ethyl adjacent to an activating group) is 1. The van der Waals surface area contributed by atoms with E-state index in [9.17, 15) is 26.4 Å². The van der Waals surface area contributed by atoms with Gasteiger partial charge in [0.15, 0.2) is 0 Å². The van der Waals surface area contributed by atoms with Crippen molar-refractivity contribution in [3.8, 4) is 5.75 Å². The minimum Gasteiger partial charge on any atom is -0.495 e. The van der Waals surface area contributed by atoms with Crippen LogP contribution in [0.2, 0.25) is 0 Å². The second-order valence-corrected chi connectivity index (χ2v) is 9.78. The van der Waals surface area contributed by atoms with Gasteiger partial charge in [0.1, 0.15) is 17.2 Å². The van der Waals surface area contributed by atoms with Gasteiger partial charge in [0, 0.05) is 13.6 Å². The Morgan fingerprint density at radius 3 is 2.29 bits per heavy atom. The van der Waals surface area contributed by atoms with Crippen LogP contribution in [0.1, 0.15) is 16.7 Å². The highest BCUT2D eigenvalue weighted by atomic mass is 32.2. The largest absolute Gasteiger partial charge is 0.495 e. The van der Waals surface area contributed by atoms with Crippen molar-refractivity contribution in [3.63, 3.8) is 0 Å². The van der Waals surface area contributed by atoms with Gasteiger partial charge >= 0.3 is 6.18 Å². The fourth-order valence-electron chi connectivity index (χ4n) is 3.45. The molecule has 0 saturated carbocycles. The molecule has 0 saturated heterocycles. The maximum Gasteiger partial charge on any atom is 0.416 e. The molecular formula is C25H25F3N2O4S. The molecule has 0 aliphatic heterocycles. The molecule has 35 heavy (non-hydrogen) atoms. The molecule has 0 unspecified atom stereocenters. The molecule has 10 heteroatoms. The second-order valence-electron chi connectivity index (χ2n) is 7.95. The summed E-state index contributed by atoms with van der Waals surface area (Å²) in [5, 5.41) is 0. The van der Waals surface area contributed by atoms with Crippen LogP contribution in [0.4, 0.5) is 18.9 Å². The van der Waals surface area contributed by atoms with E-state index in [1.165, 1.54) is 37.3 Å². The number of alkyl halides is 3. The van der Waals surface area contributed by atoms with Crippen LogP contribution in [-0.2, 0) is 27.5 Å². The summed E-state index contributed by atoms with van der Waals surface area (Å²) in [6.07, 6.45) is -4.69. The van der Waals surface area contributed by atoms with Crippen LogP contribution in [0.25, 0.3) is 0 Å². The molecule has 0 aliphatic rings. The normalized spacial score (nSPS) is 11.7. The number of aryl methyl sites for hydroxylation is 1. The highest BCUT2D eigenvalue weighted by Crippen LogP contribution is 2.35. The van der Waals surface area contributed by atoms with E-state index in [-0.39, 0.29) is 22.9 Å². The molecule has 3 rings (SSSR count). The van der Waals surface area contributed by atoms with Crippen LogP contribution >= 0.6 is 0 Å². The number of ether oxygens (including phenoxy) is 1. The average molecular weight is 507 g/mol. The number of carbonyl (C=O) groups excluding carboxylic acids is 1. The molecule has 0 fully saturated rings. The van der Waals surface area contributed by atoms with E-state index in [0.29, 0.717) is 15.9 Å². The predicted molar refractivity (Wildman–Crippen MR) is 127 cm³/mol. The Kier molecular flexibility index (Phi) is 7.74. The third-order valence-corrected chi connectivity index (χ3v) is 7.11. The molecule has 186 valence electrons. The third-order valence-electron chi connectivity index (χ3n) is 5.32. The fourth-order valence-corrected chi connectivity index (χ4v) is 5.10. The molecule has 1 amide bonds. The Balaban J connectivity index is 2.06. The number of amides is 1. The van der Waals surface area contributed by atoms with Crippen molar-refractivity contribution in [2.45, 2.75) is 24.5 Å². The summed E-state index contributed by atoms with van der Waals surface area (Å²) in [6.45, 7) is 1.17. The van der Waals surface area contributed by atoms with Gasteiger partial charge in [-0.1, -0.05) is 42.5 Å². The summed E-state index contributed by atoms with van der Waals surface area (Å²) in [5.74, 6) is -0.584. The summed E-state index contributed by atoms with van der Waals surface area (Å²) in [4.78, 5) is 14.1. The van der Waals surface area contributed by atoms with Crippen LogP contribution in [0.3, 0.4) is 0 Å². The zero-order valence-electron chi connectivity index (χ0n) is 19.4. The van der Waals surface area contributed by atoms with Crippen molar-refractivity contribution in [1.82, 2.24) is 4.90 Å². The number of sulfonamides is 1. The number of benzene rings is 3. The van der Waals surface area contributed by atoms with Crippen molar-refractivity contribution >= 4 is 21.6 Å². The molecule has 0 atom stereocenters. The summed E-state index contributed by atoms with van der Waals surface area (Å²) in [5.41, 5.74) is 0.0967. The van der Waals surface area contributed by atoms with Gasteiger partial charge in [0.05, 0.1) is 18.4 Å². The van der Waals surface area contributed by atoms with Crippen LogP contribution in [0.15, 0.2) is 77.7 Å². The highest BCUT2D eigenvalue weighted by Gasteiger charge is 2.34. The lowest BCUT2D eigenvalue weighted by Gasteiger charge is -2.28. The molecule has 0 bridgehead atoms. The highest BCUT2D eigenvalue weighted by molar-refractivity contribution is 7.93. The molecule has 0 radical (unpaired) electrons. The zero-order valence-corrected chi connectivity index (χ0v) is 20.2. The van der Waals surface area contributed by atoms with Gasteiger partial charge in [-0.3, -0.25) is 9.10 Å². The number of hydrogen-bond acceptors (Lipinski definition) is 4. The lowest BCUT2D eigenvalue weighted by Crippen LogP contribution is -2.41. The van der Waals surface area contributed by atoms with Crippen molar-refractivity contribution in [1.29, 1.82) is 0 Å². The van der Waals surface area contributed by atoms with E-state index in [1.54, 1.807) is 25.1 Å². The van der Waals surface area contributed by atoms with Crippen molar-refractivity contribution in [2.24, 2.45) is 0 Å². The van der Waals surface area contributed by atoms with E-state index in [2.05, 4.69) is 0 Å². The monoisotopic (exact) mass is 506 g/mol. The third kappa shape index (κ3) is 6.13. The quantitative estimate of drug-likeness (QED) is 0.437. The van der Waals surface area contributed by atoms with Gasteiger partial charge in [0.2, 0.25) is 5.91 Å². The summed E-state index contributed by atoms with van der Waals surface area (Å²) < 4.78 is 73.5. The number of anilines is 1. The topological polar surface area (TPSA) is 66.9 Å². The predicted octanol–water partition coefficient (Wildman–Crippen LogP) is 4.88. The van der Waals surface area contributed by atoms with Crippen molar-refractivity contribution in [2.75, 3.05) is 25.0 Å². The van der Waals surface area contributed by atoms with Crippen LogP contribution in [0, 0.1) is 6.92 Å². The summed E-state index contributed by atoms with van der Waals surface area (Å²) in [6, 6.07) is 17.4. The number of methoxy groups -OCH3 is 1. The first-order valence-corrected chi connectivity index (χ1v) is 12.0. The first-order chi connectivity index (χ1) is 16.4. The van der Waals surface area contributed by atoms with Crippen LogP contribution in [-0.4, -0.2) is 39.9 Å². The zero-order chi connectivity index (χ0) is 25.8. The number of halogens is 3. The second kappa shape index (κ2) is 10.4. The number of rotatable bonds is 8. The van der Waals surface area contributed by atoms with Crippen molar-refractivity contribution < 1.29 is 31.1 Å². The smallest absolute Gasteiger partial charge is 0.416 e. The molecule has 0 N–H and O–H groups in total. The molecule has 0 spiro atoms. The lowest BCUT2D eigenvalue weighted by atomic mass is 10.2. The minimum atomic E-state index is -4.69. The maximum atomic E-state index is 13.7. The number of hydrogen-bond donors (Lipinski definition) is 0. The van der Waals surface area contributed by atoms with E-state index in [1.807, 2.05) is 18.2 Å². The first kappa shape index (κ1) is 26.1. The lowest BCUT2D eigenvalue weighted by molar-refractivity contribution is -0.137. The van der Waals surface area contributed by atoms with Gasteiger partial charge < -0.3 is 9.64 Å². The average Bonchev–Trinajstić information content (AvgIpc) is 2.82. The molecule has 0 heterocycles. The Morgan fingerprint density at radius 1 is 0.971 bits per heavy atom. The first-order valence-electron chi connectivity index (χ1n) is 10.6. The molecule has 6 nitrogen and oxygen atoms in total. The van der Waals surface area contributed by atoms with Gasteiger partial charge in [-0.25, -0.2) is 8.42 Å². The van der Waals surface area contributed by atoms with Crippen LogP contribution in [0.5, 0.6) is 5.75 Å². The molecule has 0 aromatic heterocycles. The van der Waals surface area contributed by atoms with Crippen molar-refractivity contribution in [3.05, 3.63) is 89.5 Å². The number of carbonyl (C=O) groups is 1. The van der Waals surface area contributed by atoms with E-state index < -0.39 is 34.2 Å². The van der Waals surface area contributed by atoms with Crippen LogP contribution < -0.4 is 9.04 Å². The Morgan fingerprint density at radius 2 is 1.66 bits per heavy atom. The summed E-state index contributed by atoms with van der Waals surface area (Å²) >= 11 is 0. The van der Waals surface area contributed by atoms with Gasteiger partial charge in [-0.2, -0.15) is 13.2 Å². The SMILES string of the molecule is COc1ccc(C)cc1S(=O)(=O)N(CC(=O)N(C)Cc1ccccc1)c1cccc(C(F)(F)F)c1. The van der Waals surface area contributed by atoms with E-state index >= 15 is 0 Å². The Labute approximate surface area is 202 Å². The molecule has 3 aromatic carbocycles.